The van der Waals surface area contributed by atoms with Gasteiger partial charge in [0.1, 0.15) is 12.4 Å². The lowest BCUT2D eigenvalue weighted by atomic mass is 10.0. The van der Waals surface area contributed by atoms with Crippen molar-refractivity contribution < 1.29 is 4.74 Å². The van der Waals surface area contributed by atoms with Gasteiger partial charge in [-0.25, -0.2) is 0 Å². The van der Waals surface area contributed by atoms with Crippen LogP contribution in [0.15, 0.2) is 83.7 Å². The van der Waals surface area contributed by atoms with Crippen LogP contribution in [-0.2, 0) is 13.0 Å². The number of nitrogens with one attached hydrogen (secondary N) is 1. The largest absolute Gasteiger partial charge is 0.488 e. The van der Waals surface area contributed by atoms with Gasteiger partial charge in [-0.2, -0.15) is 5.21 Å². The van der Waals surface area contributed by atoms with Crippen LogP contribution in [0.3, 0.4) is 0 Å². The molecule has 0 aliphatic heterocycles. The first kappa shape index (κ1) is 20.9. The van der Waals surface area contributed by atoms with Crippen LogP contribution in [0.1, 0.15) is 18.2 Å². The molecular formula is C28H21N5O2. The summed E-state index contributed by atoms with van der Waals surface area (Å²) in [5, 5.41) is 18.3. The van der Waals surface area contributed by atoms with Gasteiger partial charge in [0.25, 0.3) is 0 Å². The second-order valence-electron chi connectivity index (χ2n) is 8.36. The van der Waals surface area contributed by atoms with E-state index in [1.54, 1.807) is 0 Å². The molecular weight excluding hydrogens is 438 g/mol. The summed E-state index contributed by atoms with van der Waals surface area (Å²) in [7, 11) is 0. The maximum Gasteiger partial charge on any atom is 0.205 e. The predicted molar refractivity (Wildman–Crippen MR) is 136 cm³/mol. The van der Waals surface area contributed by atoms with Gasteiger partial charge in [-0.3, -0.25) is 9.78 Å². The van der Waals surface area contributed by atoms with Gasteiger partial charge in [0.05, 0.1) is 5.52 Å². The van der Waals surface area contributed by atoms with E-state index in [1.807, 2.05) is 78.9 Å². The molecule has 170 valence electrons. The molecule has 2 heterocycles. The highest BCUT2D eigenvalue weighted by atomic mass is 16.5. The van der Waals surface area contributed by atoms with Gasteiger partial charge in [-0.1, -0.05) is 55.5 Å². The molecule has 6 aromatic rings. The molecule has 4 aromatic carbocycles. The van der Waals surface area contributed by atoms with E-state index in [9.17, 15) is 4.79 Å². The van der Waals surface area contributed by atoms with Crippen molar-refractivity contribution in [2.24, 2.45) is 0 Å². The average molecular weight is 460 g/mol. The van der Waals surface area contributed by atoms with E-state index in [1.165, 1.54) is 0 Å². The second kappa shape index (κ2) is 8.61. The first-order valence-electron chi connectivity index (χ1n) is 11.5. The van der Waals surface area contributed by atoms with E-state index in [0.717, 1.165) is 50.7 Å². The van der Waals surface area contributed by atoms with Gasteiger partial charge in [-0.05, 0) is 52.2 Å². The van der Waals surface area contributed by atoms with Crippen LogP contribution in [0.5, 0.6) is 5.75 Å². The van der Waals surface area contributed by atoms with Gasteiger partial charge in [0, 0.05) is 33.5 Å². The van der Waals surface area contributed by atoms with E-state index >= 15 is 0 Å². The number of pyridine rings is 1. The Kier molecular flexibility index (Phi) is 5.15. The monoisotopic (exact) mass is 459 g/mol. The van der Waals surface area contributed by atoms with Gasteiger partial charge in [0.2, 0.25) is 5.82 Å². The summed E-state index contributed by atoms with van der Waals surface area (Å²) < 4.78 is 6.27. The fourth-order valence-corrected chi connectivity index (χ4v) is 4.43. The molecule has 0 spiro atoms. The number of ether oxygens (including phenoxy) is 1. The number of hydrogen-bond donors (Lipinski definition) is 1. The van der Waals surface area contributed by atoms with Gasteiger partial charge < -0.3 is 4.74 Å². The highest BCUT2D eigenvalue weighted by Gasteiger charge is 2.13. The molecule has 0 radical (unpaired) electrons. The van der Waals surface area contributed by atoms with Crippen LogP contribution >= 0.6 is 0 Å². The van der Waals surface area contributed by atoms with Crippen molar-refractivity contribution in [1.29, 1.82) is 0 Å². The van der Waals surface area contributed by atoms with Crippen molar-refractivity contribution in [3.63, 3.8) is 0 Å². The van der Waals surface area contributed by atoms with Crippen LogP contribution in [-0.4, -0.2) is 25.6 Å². The summed E-state index contributed by atoms with van der Waals surface area (Å²) in [6.07, 6.45) is 0.819. The zero-order valence-electron chi connectivity index (χ0n) is 19.0. The maximum atomic E-state index is 13.6. The average Bonchev–Trinajstić information content (AvgIpc) is 3.41. The molecule has 0 atom stereocenters. The third-order valence-corrected chi connectivity index (χ3v) is 6.20. The number of aryl methyl sites for hydroxylation is 1. The molecule has 7 nitrogen and oxygen atoms in total. The molecule has 0 aliphatic carbocycles. The minimum atomic E-state index is -0.0465. The normalized spacial score (nSPS) is 11.3. The summed E-state index contributed by atoms with van der Waals surface area (Å²) >= 11 is 0. The fourth-order valence-electron chi connectivity index (χ4n) is 4.43. The van der Waals surface area contributed by atoms with Crippen molar-refractivity contribution in [2.75, 3.05) is 0 Å². The molecule has 35 heavy (non-hydrogen) atoms. The third kappa shape index (κ3) is 3.77. The SMILES string of the molecule is CCc1cc(OCc2ccc3c(-c4nn[nH]n4)cc4ccccc4c(=O)c3c2)c2ccccc2n1. The molecule has 1 N–H and O–H groups in total. The van der Waals surface area contributed by atoms with Gasteiger partial charge in [0.15, 0.2) is 5.43 Å². The van der Waals surface area contributed by atoms with E-state index < -0.39 is 0 Å². The number of hydrogen-bond acceptors (Lipinski definition) is 6. The quantitative estimate of drug-likeness (QED) is 0.380. The van der Waals surface area contributed by atoms with E-state index in [-0.39, 0.29) is 5.43 Å². The molecule has 0 bridgehead atoms. The molecule has 7 heteroatoms. The maximum absolute atomic E-state index is 13.6. The molecule has 0 saturated heterocycles. The zero-order valence-corrected chi connectivity index (χ0v) is 19.0. The summed E-state index contributed by atoms with van der Waals surface area (Å²) in [6, 6.07) is 25.2. The first-order chi connectivity index (χ1) is 17.2. The Hall–Kier alpha value is -4.65. The van der Waals surface area contributed by atoms with Crippen LogP contribution in [0.25, 0.3) is 43.8 Å². The van der Waals surface area contributed by atoms with Gasteiger partial charge >= 0.3 is 0 Å². The summed E-state index contributed by atoms with van der Waals surface area (Å²) in [5.74, 6) is 1.22. The van der Waals surface area contributed by atoms with Crippen LogP contribution in [0.2, 0.25) is 0 Å². The molecule has 2 aromatic heterocycles. The molecule has 0 unspecified atom stereocenters. The van der Waals surface area contributed by atoms with Crippen molar-refractivity contribution in [1.82, 2.24) is 25.6 Å². The Bertz CT molecular complexity index is 1760. The van der Waals surface area contributed by atoms with Crippen molar-refractivity contribution in [3.05, 3.63) is 100 Å². The number of benzene rings is 3. The highest BCUT2D eigenvalue weighted by molar-refractivity contribution is 6.01. The number of rotatable bonds is 5. The van der Waals surface area contributed by atoms with E-state index in [0.29, 0.717) is 23.2 Å². The number of aromatic nitrogens is 5. The van der Waals surface area contributed by atoms with Gasteiger partial charge in [-0.15, -0.1) is 10.2 Å². The summed E-state index contributed by atoms with van der Waals surface area (Å²) in [6.45, 7) is 2.40. The molecule has 0 saturated carbocycles. The number of aromatic amines is 1. The Morgan fingerprint density at radius 2 is 1.69 bits per heavy atom. The molecule has 0 aliphatic rings. The lowest BCUT2D eigenvalue weighted by Gasteiger charge is -2.11. The van der Waals surface area contributed by atoms with Crippen molar-refractivity contribution in [2.45, 2.75) is 20.0 Å². The minimum Gasteiger partial charge on any atom is -0.488 e. The number of H-pyrrole nitrogens is 1. The smallest absolute Gasteiger partial charge is 0.205 e. The van der Waals surface area contributed by atoms with Crippen LogP contribution < -0.4 is 10.2 Å². The Morgan fingerprint density at radius 3 is 2.51 bits per heavy atom. The van der Waals surface area contributed by atoms with Crippen molar-refractivity contribution >= 4 is 32.4 Å². The molecule has 0 fully saturated rings. The first-order valence-corrected chi connectivity index (χ1v) is 11.5. The minimum absolute atomic E-state index is 0.0465. The number of para-hydroxylation sites is 1. The standard InChI is InChI=1S/C28H21N5O2/c1-2-19-15-26(22-9-5-6-10-25(22)29-19)35-16-17-11-12-21-23(13-17)27(34)20-8-4-3-7-18(20)14-24(21)28-30-32-33-31-28/h3-15H,2,16H2,1H3,(H,30,31,32,33). The van der Waals surface area contributed by atoms with Crippen LogP contribution in [0, 0.1) is 0 Å². The predicted octanol–water partition coefficient (Wildman–Crippen LogP) is 5.22. The number of fused-ring (bicyclic) bond motifs is 3. The number of nitrogens with zero attached hydrogens (tertiary/aromatic N) is 4. The lowest BCUT2D eigenvalue weighted by molar-refractivity contribution is 0.309. The Balaban J connectivity index is 1.48. The Labute approximate surface area is 200 Å². The van der Waals surface area contributed by atoms with Crippen molar-refractivity contribution in [3.8, 4) is 17.1 Å². The third-order valence-electron chi connectivity index (χ3n) is 6.20. The summed E-state index contributed by atoms with van der Waals surface area (Å²) in [5.41, 5.74) is 3.47. The fraction of sp³-hybridized carbons (Fsp3) is 0.107. The molecule has 0 amide bonds. The lowest BCUT2D eigenvalue weighted by Crippen LogP contribution is -2.02. The number of tetrazole rings is 1. The molecule has 6 rings (SSSR count). The zero-order chi connectivity index (χ0) is 23.8. The summed E-state index contributed by atoms with van der Waals surface area (Å²) in [4.78, 5) is 18.3. The second-order valence-corrected chi connectivity index (χ2v) is 8.36. The van der Waals surface area contributed by atoms with E-state index in [4.69, 9.17) is 9.72 Å². The topological polar surface area (TPSA) is 93.7 Å². The highest BCUT2D eigenvalue weighted by Crippen LogP contribution is 2.29. The van der Waals surface area contributed by atoms with E-state index in [2.05, 4.69) is 27.5 Å². The Morgan fingerprint density at radius 1 is 0.857 bits per heavy atom. The van der Waals surface area contributed by atoms with Crippen LogP contribution in [0.4, 0.5) is 0 Å².